The average molecular weight is 192 g/mol. The van der Waals surface area contributed by atoms with Crippen molar-refractivity contribution in [2.24, 2.45) is 5.73 Å². The number of fused-ring (bicyclic) bond motifs is 1. The highest BCUT2D eigenvalue weighted by atomic mass is 19.1. The molecule has 74 valence electrons. The van der Waals surface area contributed by atoms with Crippen LogP contribution in [0.3, 0.4) is 0 Å². The van der Waals surface area contributed by atoms with Crippen molar-refractivity contribution in [1.29, 1.82) is 0 Å². The molecule has 0 aliphatic rings. The number of rotatable bonds is 2. The summed E-state index contributed by atoms with van der Waals surface area (Å²) in [6.45, 7) is 1.92. The van der Waals surface area contributed by atoms with Crippen molar-refractivity contribution >= 4 is 10.9 Å². The van der Waals surface area contributed by atoms with Gasteiger partial charge in [0, 0.05) is 23.1 Å². The highest BCUT2D eigenvalue weighted by Gasteiger charge is 2.09. The zero-order chi connectivity index (χ0) is 10.1. The lowest BCUT2D eigenvalue weighted by Crippen LogP contribution is -2.17. The van der Waals surface area contributed by atoms with Crippen molar-refractivity contribution in [1.82, 2.24) is 4.98 Å². The Hall–Kier alpha value is -1.35. The predicted octanol–water partition coefficient (Wildman–Crippen LogP) is 2.20. The number of hydrogen-bond acceptors (Lipinski definition) is 1. The van der Waals surface area contributed by atoms with E-state index in [-0.39, 0.29) is 11.9 Å². The van der Waals surface area contributed by atoms with Crippen molar-refractivity contribution in [3.63, 3.8) is 0 Å². The summed E-state index contributed by atoms with van der Waals surface area (Å²) in [5, 5.41) is 0.671. The first kappa shape index (κ1) is 9.21. The molecular weight excluding hydrogens is 179 g/mol. The quantitative estimate of drug-likeness (QED) is 0.752. The Morgan fingerprint density at radius 2 is 2.29 bits per heavy atom. The number of benzene rings is 1. The molecule has 3 N–H and O–H groups in total. The first-order valence-electron chi connectivity index (χ1n) is 4.68. The van der Waals surface area contributed by atoms with Crippen molar-refractivity contribution in [3.8, 4) is 0 Å². The zero-order valence-electron chi connectivity index (χ0n) is 8.05. The van der Waals surface area contributed by atoms with E-state index in [1.165, 1.54) is 6.07 Å². The monoisotopic (exact) mass is 192 g/mol. The van der Waals surface area contributed by atoms with Gasteiger partial charge in [-0.15, -0.1) is 0 Å². The van der Waals surface area contributed by atoms with Gasteiger partial charge in [-0.2, -0.15) is 0 Å². The van der Waals surface area contributed by atoms with Crippen LogP contribution in [-0.4, -0.2) is 11.0 Å². The second kappa shape index (κ2) is 3.42. The van der Waals surface area contributed by atoms with Crippen LogP contribution in [0.1, 0.15) is 12.5 Å². The molecule has 1 atom stereocenters. The Morgan fingerprint density at radius 1 is 1.50 bits per heavy atom. The lowest BCUT2D eigenvalue weighted by atomic mass is 10.1. The van der Waals surface area contributed by atoms with Crippen LogP contribution >= 0.6 is 0 Å². The van der Waals surface area contributed by atoms with Gasteiger partial charge in [-0.05, 0) is 31.0 Å². The van der Waals surface area contributed by atoms with Gasteiger partial charge in [0.25, 0.3) is 0 Å². The lowest BCUT2D eigenvalue weighted by molar-refractivity contribution is 0.637. The number of nitrogens with two attached hydrogens (primary N) is 1. The van der Waals surface area contributed by atoms with E-state index in [2.05, 4.69) is 4.98 Å². The van der Waals surface area contributed by atoms with Gasteiger partial charge < -0.3 is 10.7 Å². The number of H-pyrrole nitrogens is 1. The van der Waals surface area contributed by atoms with Crippen LogP contribution in [0.15, 0.2) is 24.4 Å². The second-order valence-corrected chi connectivity index (χ2v) is 3.66. The molecule has 0 saturated heterocycles. The molecule has 2 aromatic rings. The first-order valence-corrected chi connectivity index (χ1v) is 4.68. The second-order valence-electron chi connectivity index (χ2n) is 3.66. The molecule has 0 unspecified atom stereocenters. The maximum Gasteiger partial charge on any atom is 0.132 e. The summed E-state index contributed by atoms with van der Waals surface area (Å²) in [6, 6.07) is 5.09. The Bertz CT molecular complexity index is 445. The SMILES string of the molecule is C[C@H](N)Cc1c[nH]c2cccc(F)c12. The highest BCUT2D eigenvalue weighted by Crippen LogP contribution is 2.22. The normalized spacial score (nSPS) is 13.4. The van der Waals surface area contributed by atoms with E-state index in [4.69, 9.17) is 5.73 Å². The maximum atomic E-state index is 13.5. The van der Waals surface area contributed by atoms with Crippen LogP contribution in [0.2, 0.25) is 0 Å². The van der Waals surface area contributed by atoms with E-state index in [0.717, 1.165) is 11.1 Å². The molecule has 2 nitrogen and oxygen atoms in total. The number of aromatic nitrogens is 1. The fourth-order valence-electron chi connectivity index (χ4n) is 1.72. The third-order valence-corrected chi connectivity index (χ3v) is 2.28. The Balaban J connectivity index is 2.55. The van der Waals surface area contributed by atoms with Crippen molar-refractivity contribution in [2.75, 3.05) is 0 Å². The molecule has 0 aliphatic carbocycles. The minimum Gasteiger partial charge on any atom is -0.361 e. The standard InChI is InChI=1S/C11H13FN2/c1-7(13)5-8-6-14-10-4-2-3-9(12)11(8)10/h2-4,6-7,14H,5,13H2,1H3/t7-/m0/s1. The zero-order valence-corrected chi connectivity index (χ0v) is 8.05. The van der Waals surface area contributed by atoms with Crippen molar-refractivity contribution in [2.45, 2.75) is 19.4 Å². The number of aromatic amines is 1. The Kier molecular flexibility index (Phi) is 2.25. The largest absolute Gasteiger partial charge is 0.361 e. The van der Waals surface area contributed by atoms with Gasteiger partial charge in [-0.1, -0.05) is 6.07 Å². The Labute approximate surface area is 81.9 Å². The van der Waals surface area contributed by atoms with Crippen molar-refractivity contribution < 1.29 is 4.39 Å². The van der Waals surface area contributed by atoms with E-state index in [9.17, 15) is 4.39 Å². The van der Waals surface area contributed by atoms with Gasteiger partial charge in [0.05, 0.1) is 0 Å². The van der Waals surface area contributed by atoms with Crippen LogP contribution in [-0.2, 0) is 6.42 Å². The third kappa shape index (κ3) is 1.51. The van der Waals surface area contributed by atoms with Gasteiger partial charge in [0.1, 0.15) is 5.82 Å². The smallest absolute Gasteiger partial charge is 0.132 e. The molecule has 0 bridgehead atoms. The average Bonchev–Trinajstić information content (AvgIpc) is 2.49. The summed E-state index contributed by atoms with van der Waals surface area (Å²) in [6.07, 6.45) is 2.53. The molecule has 1 aromatic heterocycles. The fourth-order valence-corrected chi connectivity index (χ4v) is 1.72. The Morgan fingerprint density at radius 3 is 3.00 bits per heavy atom. The molecular formula is C11H13FN2. The number of halogens is 1. The summed E-state index contributed by atoms with van der Waals surface area (Å²) in [4.78, 5) is 3.04. The van der Waals surface area contributed by atoms with Crippen LogP contribution < -0.4 is 5.73 Å². The molecule has 0 fully saturated rings. The van der Waals surface area contributed by atoms with E-state index in [0.29, 0.717) is 11.8 Å². The van der Waals surface area contributed by atoms with Gasteiger partial charge in [-0.3, -0.25) is 0 Å². The minimum absolute atomic E-state index is 0.0496. The van der Waals surface area contributed by atoms with E-state index >= 15 is 0 Å². The molecule has 2 rings (SSSR count). The van der Waals surface area contributed by atoms with Crippen LogP contribution in [0.25, 0.3) is 10.9 Å². The fraction of sp³-hybridized carbons (Fsp3) is 0.273. The molecule has 1 heterocycles. The lowest BCUT2D eigenvalue weighted by Gasteiger charge is -2.03. The molecule has 0 saturated carbocycles. The number of nitrogens with one attached hydrogen (secondary N) is 1. The van der Waals surface area contributed by atoms with E-state index in [1.807, 2.05) is 19.2 Å². The first-order chi connectivity index (χ1) is 6.68. The molecule has 3 heteroatoms. The van der Waals surface area contributed by atoms with E-state index in [1.54, 1.807) is 6.07 Å². The van der Waals surface area contributed by atoms with Crippen LogP contribution in [0, 0.1) is 5.82 Å². The van der Waals surface area contributed by atoms with Gasteiger partial charge in [0.15, 0.2) is 0 Å². The summed E-state index contributed by atoms with van der Waals surface area (Å²) >= 11 is 0. The van der Waals surface area contributed by atoms with Crippen molar-refractivity contribution in [3.05, 3.63) is 35.8 Å². The summed E-state index contributed by atoms with van der Waals surface area (Å²) in [7, 11) is 0. The van der Waals surface area contributed by atoms with Gasteiger partial charge in [-0.25, -0.2) is 4.39 Å². The molecule has 0 spiro atoms. The maximum absolute atomic E-state index is 13.5. The van der Waals surface area contributed by atoms with Crippen LogP contribution in [0.4, 0.5) is 4.39 Å². The molecule has 0 amide bonds. The number of hydrogen-bond donors (Lipinski definition) is 2. The summed E-state index contributed by atoms with van der Waals surface area (Å²) in [5.74, 6) is -0.181. The molecule has 1 aromatic carbocycles. The minimum atomic E-state index is -0.181. The topological polar surface area (TPSA) is 41.8 Å². The summed E-state index contributed by atoms with van der Waals surface area (Å²) in [5.41, 5.74) is 7.47. The predicted molar refractivity (Wildman–Crippen MR) is 55.6 cm³/mol. The molecule has 14 heavy (non-hydrogen) atoms. The van der Waals surface area contributed by atoms with Crippen LogP contribution in [0.5, 0.6) is 0 Å². The molecule has 0 radical (unpaired) electrons. The third-order valence-electron chi connectivity index (χ3n) is 2.28. The highest BCUT2D eigenvalue weighted by molar-refractivity contribution is 5.83. The van der Waals surface area contributed by atoms with E-state index < -0.39 is 0 Å². The summed E-state index contributed by atoms with van der Waals surface area (Å²) < 4.78 is 13.5. The molecule has 0 aliphatic heterocycles. The van der Waals surface area contributed by atoms with Gasteiger partial charge in [0.2, 0.25) is 0 Å². The van der Waals surface area contributed by atoms with Gasteiger partial charge >= 0.3 is 0 Å².